The lowest BCUT2D eigenvalue weighted by Gasteiger charge is -2.11. The van der Waals surface area contributed by atoms with Crippen LogP contribution in [-0.2, 0) is 25.7 Å². The number of nitrogens with zero attached hydrogens (tertiary/aromatic N) is 2. The third kappa shape index (κ3) is 5.21. The fourth-order valence-electron chi connectivity index (χ4n) is 2.97. The Bertz CT molecular complexity index is 741. The molecule has 2 aromatic rings. The summed E-state index contributed by atoms with van der Waals surface area (Å²) >= 11 is 1.74. The van der Waals surface area contributed by atoms with Gasteiger partial charge in [0.05, 0.1) is 17.3 Å². The molecule has 0 unspecified atom stereocenters. The Morgan fingerprint density at radius 1 is 1.27 bits per heavy atom. The van der Waals surface area contributed by atoms with Crippen molar-refractivity contribution < 1.29 is 4.74 Å². The maximum absolute atomic E-state index is 5.57. The summed E-state index contributed by atoms with van der Waals surface area (Å²) in [5.74, 6) is 1.92. The summed E-state index contributed by atoms with van der Waals surface area (Å²) in [6, 6.07) is 6.51. The summed E-state index contributed by atoms with van der Waals surface area (Å²) in [6.45, 7) is 7.51. The van der Waals surface area contributed by atoms with Crippen molar-refractivity contribution >= 4 is 17.3 Å². The van der Waals surface area contributed by atoms with Crippen molar-refractivity contribution in [3.8, 4) is 5.75 Å². The van der Waals surface area contributed by atoms with Crippen LogP contribution in [0.2, 0.25) is 0 Å². The molecule has 0 amide bonds. The van der Waals surface area contributed by atoms with Gasteiger partial charge in [-0.2, -0.15) is 0 Å². The topological polar surface area (TPSA) is 58.5 Å². The minimum absolute atomic E-state index is 0.748. The third-order valence-corrected chi connectivity index (χ3v) is 5.39. The number of guanidine groups is 1. The zero-order chi connectivity index (χ0) is 18.2. The fraction of sp³-hybridized carbons (Fsp3) is 0.500. The first-order valence-electron chi connectivity index (χ1n) is 9.48. The van der Waals surface area contributed by atoms with E-state index in [1.54, 1.807) is 11.3 Å². The summed E-state index contributed by atoms with van der Waals surface area (Å²) in [5.41, 5.74) is 3.82. The number of hydrogen-bond acceptors (Lipinski definition) is 4. The smallest absolute Gasteiger partial charge is 0.191 e. The van der Waals surface area contributed by atoms with E-state index in [4.69, 9.17) is 4.74 Å². The van der Waals surface area contributed by atoms with Gasteiger partial charge in [-0.25, -0.2) is 4.98 Å². The Balaban J connectivity index is 1.46. The van der Waals surface area contributed by atoms with Gasteiger partial charge in [0.25, 0.3) is 0 Å². The molecule has 0 spiro atoms. The number of rotatable bonds is 8. The monoisotopic (exact) mass is 372 g/mol. The zero-order valence-corrected chi connectivity index (χ0v) is 16.5. The van der Waals surface area contributed by atoms with Crippen LogP contribution < -0.4 is 15.4 Å². The fourth-order valence-corrected chi connectivity index (χ4v) is 3.75. The van der Waals surface area contributed by atoms with Gasteiger partial charge in [0.1, 0.15) is 5.75 Å². The highest BCUT2D eigenvalue weighted by atomic mass is 32.1. The van der Waals surface area contributed by atoms with Gasteiger partial charge < -0.3 is 15.4 Å². The van der Waals surface area contributed by atoms with E-state index < -0.39 is 0 Å². The molecular weight excluding hydrogens is 344 g/mol. The first-order chi connectivity index (χ1) is 12.8. The molecule has 1 aliphatic heterocycles. The Morgan fingerprint density at radius 2 is 2.19 bits per heavy atom. The van der Waals surface area contributed by atoms with E-state index in [2.05, 4.69) is 58.0 Å². The van der Waals surface area contributed by atoms with Crippen LogP contribution in [0.15, 0.2) is 28.6 Å². The van der Waals surface area contributed by atoms with Crippen LogP contribution >= 0.6 is 11.3 Å². The van der Waals surface area contributed by atoms with Gasteiger partial charge in [0.15, 0.2) is 5.96 Å². The van der Waals surface area contributed by atoms with Crippen LogP contribution in [0.1, 0.15) is 35.7 Å². The van der Waals surface area contributed by atoms with Crippen LogP contribution in [0, 0.1) is 0 Å². The molecule has 0 radical (unpaired) electrons. The van der Waals surface area contributed by atoms with Crippen molar-refractivity contribution in [2.45, 2.75) is 39.5 Å². The molecule has 2 N–H and O–H groups in total. The number of fused-ring (bicyclic) bond motifs is 1. The van der Waals surface area contributed by atoms with Crippen molar-refractivity contribution in [3.63, 3.8) is 0 Å². The van der Waals surface area contributed by atoms with Gasteiger partial charge in [0, 0.05) is 37.9 Å². The average molecular weight is 373 g/mol. The molecule has 6 heteroatoms. The van der Waals surface area contributed by atoms with E-state index in [1.165, 1.54) is 16.1 Å². The van der Waals surface area contributed by atoms with Gasteiger partial charge in [-0.1, -0.05) is 19.1 Å². The van der Waals surface area contributed by atoms with E-state index in [0.29, 0.717) is 0 Å². The highest BCUT2D eigenvalue weighted by Gasteiger charge is 2.11. The first-order valence-corrected chi connectivity index (χ1v) is 10.4. The van der Waals surface area contributed by atoms with Crippen LogP contribution in [0.3, 0.4) is 0 Å². The molecule has 0 fully saturated rings. The van der Waals surface area contributed by atoms with Crippen molar-refractivity contribution in [1.29, 1.82) is 0 Å². The van der Waals surface area contributed by atoms with Crippen LogP contribution in [0.5, 0.6) is 5.75 Å². The molecular formula is C20H28N4OS. The number of nitrogens with one attached hydrogen (secondary N) is 2. The Hall–Kier alpha value is -2.08. The second-order valence-electron chi connectivity index (χ2n) is 6.31. The second kappa shape index (κ2) is 9.57. The molecule has 1 aromatic carbocycles. The minimum atomic E-state index is 0.748. The second-order valence-corrected chi connectivity index (χ2v) is 7.26. The van der Waals surface area contributed by atoms with Crippen LogP contribution in [0.25, 0.3) is 0 Å². The maximum atomic E-state index is 5.57. The maximum Gasteiger partial charge on any atom is 0.191 e. The normalized spacial score (nSPS) is 13.4. The molecule has 5 nitrogen and oxygen atoms in total. The van der Waals surface area contributed by atoms with Crippen molar-refractivity contribution in [3.05, 3.63) is 45.4 Å². The Labute approximate surface area is 159 Å². The minimum Gasteiger partial charge on any atom is -0.493 e. The SMILES string of the molecule is CCNC(=NCCc1csc(CC)n1)NCCc1ccc2c(c1)CCO2. The number of aromatic nitrogens is 1. The molecule has 1 aliphatic rings. The predicted molar refractivity (Wildman–Crippen MR) is 109 cm³/mol. The van der Waals surface area contributed by atoms with Gasteiger partial charge in [-0.05, 0) is 37.0 Å². The Kier molecular flexibility index (Phi) is 6.89. The molecule has 0 atom stereocenters. The van der Waals surface area contributed by atoms with Crippen molar-refractivity contribution in [2.75, 3.05) is 26.2 Å². The average Bonchev–Trinajstić information content (AvgIpc) is 3.30. The number of thiazole rings is 1. The summed E-state index contributed by atoms with van der Waals surface area (Å²) in [5, 5.41) is 10.1. The lowest BCUT2D eigenvalue weighted by atomic mass is 10.1. The molecule has 140 valence electrons. The number of aliphatic imine (C=N–C) groups is 1. The number of benzene rings is 1. The van der Waals surface area contributed by atoms with E-state index in [-0.39, 0.29) is 0 Å². The largest absolute Gasteiger partial charge is 0.493 e. The van der Waals surface area contributed by atoms with Gasteiger partial charge in [-0.15, -0.1) is 11.3 Å². The zero-order valence-electron chi connectivity index (χ0n) is 15.7. The highest BCUT2D eigenvalue weighted by molar-refractivity contribution is 7.09. The quantitative estimate of drug-likeness (QED) is 0.552. The van der Waals surface area contributed by atoms with E-state index in [1.807, 2.05) is 0 Å². The number of hydrogen-bond donors (Lipinski definition) is 2. The van der Waals surface area contributed by atoms with Gasteiger partial charge in [-0.3, -0.25) is 4.99 Å². The van der Waals surface area contributed by atoms with E-state index in [0.717, 1.165) is 69.3 Å². The summed E-state index contributed by atoms with van der Waals surface area (Å²) in [4.78, 5) is 9.27. The number of aryl methyl sites for hydroxylation is 1. The van der Waals surface area contributed by atoms with Gasteiger partial charge >= 0.3 is 0 Å². The molecule has 0 saturated heterocycles. The standard InChI is InChI=1S/C20H28N4OS/c1-3-19-24-17(14-26-19)8-11-23-20(21-4-2)22-10-7-15-5-6-18-16(13-15)9-12-25-18/h5-6,13-14H,3-4,7-12H2,1-2H3,(H2,21,22,23). The highest BCUT2D eigenvalue weighted by Crippen LogP contribution is 2.25. The summed E-state index contributed by atoms with van der Waals surface area (Å²) in [6.07, 6.45) is 3.89. The predicted octanol–water partition coefficient (Wildman–Crippen LogP) is 2.98. The van der Waals surface area contributed by atoms with Crippen LogP contribution in [-0.4, -0.2) is 37.2 Å². The van der Waals surface area contributed by atoms with Crippen molar-refractivity contribution in [2.24, 2.45) is 4.99 Å². The van der Waals surface area contributed by atoms with Crippen LogP contribution in [0.4, 0.5) is 0 Å². The molecule has 0 bridgehead atoms. The number of ether oxygens (including phenoxy) is 1. The van der Waals surface area contributed by atoms with Crippen molar-refractivity contribution in [1.82, 2.24) is 15.6 Å². The molecule has 1 aromatic heterocycles. The third-order valence-electron chi connectivity index (χ3n) is 4.34. The van der Waals surface area contributed by atoms with Gasteiger partial charge in [0.2, 0.25) is 0 Å². The lowest BCUT2D eigenvalue weighted by Crippen LogP contribution is -2.38. The lowest BCUT2D eigenvalue weighted by molar-refractivity contribution is 0.357. The summed E-state index contributed by atoms with van der Waals surface area (Å²) < 4.78 is 5.57. The molecule has 2 heterocycles. The molecule has 0 aliphatic carbocycles. The summed E-state index contributed by atoms with van der Waals surface area (Å²) in [7, 11) is 0. The Morgan fingerprint density at radius 3 is 3.00 bits per heavy atom. The molecule has 0 saturated carbocycles. The first kappa shape index (κ1) is 18.7. The molecule has 26 heavy (non-hydrogen) atoms. The van der Waals surface area contributed by atoms with E-state index in [9.17, 15) is 0 Å². The molecule has 3 rings (SSSR count). The van der Waals surface area contributed by atoms with E-state index >= 15 is 0 Å².